The second kappa shape index (κ2) is 7.43. The fourth-order valence-electron chi connectivity index (χ4n) is 4.52. The summed E-state index contributed by atoms with van der Waals surface area (Å²) in [5.74, 6) is -0.227. The number of nitrogens with one attached hydrogen (secondary N) is 1. The molecule has 0 unspecified atom stereocenters. The molecule has 1 N–H and O–H groups in total. The summed E-state index contributed by atoms with van der Waals surface area (Å²) in [5.41, 5.74) is 1.07. The molecule has 0 radical (unpaired) electrons. The molecule has 1 saturated carbocycles. The zero-order chi connectivity index (χ0) is 19.0. The predicted molar refractivity (Wildman–Crippen MR) is 100 cm³/mol. The SMILES string of the molecule is C[C@@H]1CC[C@@H]2C(=O)N(c3ccc(C(=O)NC[C@H]4CCCO4)cc3)C(=O)[C@@H]2C1. The Bertz CT molecular complexity index is 739. The molecule has 4 atom stereocenters. The molecule has 4 rings (SSSR count). The molecule has 1 aromatic carbocycles. The molecule has 2 heterocycles. The van der Waals surface area contributed by atoms with Gasteiger partial charge in [0.05, 0.1) is 23.6 Å². The van der Waals surface area contributed by atoms with E-state index < -0.39 is 0 Å². The van der Waals surface area contributed by atoms with Crippen molar-refractivity contribution >= 4 is 23.4 Å². The number of benzene rings is 1. The van der Waals surface area contributed by atoms with Crippen molar-refractivity contribution in [3.05, 3.63) is 29.8 Å². The van der Waals surface area contributed by atoms with Gasteiger partial charge in [-0.25, -0.2) is 0 Å². The lowest BCUT2D eigenvalue weighted by Gasteiger charge is -2.25. The van der Waals surface area contributed by atoms with E-state index in [1.54, 1.807) is 24.3 Å². The number of carbonyl (C=O) groups is 3. The molecular formula is C21H26N2O4. The number of imide groups is 1. The van der Waals surface area contributed by atoms with Crippen molar-refractivity contribution in [3.8, 4) is 0 Å². The van der Waals surface area contributed by atoms with Crippen molar-refractivity contribution in [2.75, 3.05) is 18.1 Å². The van der Waals surface area contributed by atoms with Crippen molar-refractivity contribution in [2.45, 2.75) is 45.1 Å². The van der Waals surface area contributed by atoms with Crippen molar-refractivity contribution < 1.29 is 19.1 Å². The molecule has 0 bridgehead atoms. The Morgan fingerprint density at radius 3 is 2.56 bits per heavy atom. The van der Waals surface area contributed by atoms with Crippen LogP contribution < -0.4 is 10.2 Å². The van der Waals surface area contributed by atoms with Gasteiger partial charge in [-0.15, -0.1) is 0 Å². The smallest absolute Gasteiger partial charge is 0.251 e. The Labute approximate surface area is 159 Å². The van der Waals surface area contributed by atoms with Gasteiger partial charge in [0.1, 0.15) is 0 Å². The Morgan fingerprint density at radius 1 is 1.11 bits per heavy atom. The largest absolute Gasteiger partial charge is 0.376 e. The first kappa shape index (κ1) is 18.2. The minimum Gasteiger partial charge on any atom is -0.376 e. The van der Waals surface area contributed by atoms with Crippen molar-refractivity contribution in [1.29, 1.82) is 0 Å². The maximum absolute atomic E-state index is 12.8. The van der Waals surface area contributed by atoms with Crippen LogP contribution in [-0.2, 0) is 14.3 Å². The van der Waals surface area contributed by atoms with Crippen molar-refractivity contribution in [2.24, 2.45) is 17.8 Å². The first-order chi connectivity index (χ1) is 13.0. The van der Waals surface area contributed by atoms with Crippen molar-refractivity contribution in [1.82, 2.24) is 5.32 Å². The van der Waals surface area contributed by atoms with Crippen LogP contribution in [-0.4, -0.2) is 37.0 Å². The fraction of sp³-hybridized carbons (Fsp3) is 0.571. The van der Waals surface area contributed by atoms with E-state index in [-0.39, 0.29) is 35.7 Å². The zero-order valence-electron chi connectivity index (χ0n) is 15.6. The minimum absolute atomic E-state index is 0.0903. The highest BCUT2D eigenvalue weighted by atomic mass is 16.5. The van der Waals surface area contributed by atoms with Crippen LogP contribution >= 0.6 is 0 Å². The number of carbonyl (C=O) groups excluding carboxylic acids is 3. The lowest BCUT2D eigenvalue weighted by molar-refractivity contribution is -0.122. The van der Waals surface area contributed by atoms with Crippen LogP contribution in [0.25, 0.3) is 0 Å². The summed E-state index contributed by atoms with van der Waals surface area (Å²) < 4.78 is 5.51. The Kier molecular flexibility index (Phi) is 5.00. The van der Waals surface area contributed by atoms with E-state index in [1.165, 1.54) is 4.90 Å². The minimum atomic E-state index is -0.185. The van der Waals surface area contributed by atoms with Gasteiger partial charge in [-0.2, -0.15) is 0 Å². The molecular weight excluding hydrogens is 344 g/mol. The van der Waals surface area contributed by atoms with Crippen LogP contribution in [0.5, 0.6) is 0 Å². The van der Waals surface area contributed by atoms with E-state index in [2.05, 4.69) is 12.2 Å². The number of hydrogen-bond donors (Lipinski definition) is 1. The van der Waals surface area contributed by atoms with E-state index in [0.29, 0.717) is 23.7 Å². The van der Waals surface area contributed by atoms with Gasteiger partial charge < -0.3 is 10.1 Å². The first-order valence-electron chi connectivity index (χ1n) is 9.92. The molecule has 3 amide bonds. The normalized spacial score (nSPS) is 30.5. The lowest BCUT2D eigenvalue weighted by atomic mass is 9.76. The monoisotopic (exact) mass is 370 g/mol. The molecule has 27 heavy (non-hydrogen) atoms. The highest BCUT2D eigenvalue weighted by Crippen LogP contribution is 2.42. The number of hydrogen-bond acceptors (Lipinski definition) is 4. The van der Waals surface area contributed by atoms with E-state index in [9.17, 15) is 14.4 Å². The lowest BCUT2D eigenvalue weighted by Crippen LogP contribution is -2.32. The first-order valence-corrected chi connectivity index (χ1v) is 9.92. The predicted octanol–water partition coefficient (Wildman–Crippen LogP) is 2.52. The number of anilines is 1. The Balaban J connectivity index is 1.43. The fourth-order valence-corrected chi connectivity index (χ4v) is 4.52. The van der Waals surface area contributed by atoms with E-state index in [1.807, 2.05) is 0 Å². The van der Waals surface area contributed by atoms with Crippen LogP contribution in [0.15, 0.2) is 24.3 Å². The molecule has 6 heteroatoms. The third kappa shape index (κ3) is 3.50. The number of nitrogens with zero attached hydrogens (tertiary/aromatic N) is 1. The average Bonchev–Trinajstić information content (AvgIpc) is 3.27. The van der Waals surface area contributed by atoms with Gasteiger partial charge in [-0.05, 0) is 62.3 Å². The maximum Gasteiger partial charge on any atom is 0.251 e. The van der Waals surface area contributed by atoms with Gasteiger partial charge in [-0.3, -0.25) is 19.3 Å². The second-order valence-corrected chi connectivity index (χ2v) is 8.04. The third-order valence-corrected chi connectivity index (χ3v) is 6.09. The molecule has 2 saturated heterocycles. The van der Waals surface area contributed by atoms with Gasteiger partial charge >= 0.3 is 0 Å². The van der Waals surface area contributed by atoms with Gasteiger partial charge in [0.25, 0.3) is 5.91 Å². The van der Waals surface area contributed by atoms with Crippen LogP contribution in [0.1, 0.15) is 49.4 Å². The molecule has 3 aliphatic rings. The summed E-state index contributed by atoms with van der Waals surface area (Å²) in [5, 5.41) is 2.88. The average molecular weight is 370 g/mol. The van der Waals surface area contributed by atoms with E-state index in [0.717, 1.165) is 38.7 Å². The Morgan fingerprint density at radius 2 is 1.85 bits per heavy atom. The van der Waals surface area contributed by atoms with Crippen molar-refractivity contribution in [3.63, 3.8) is 0 Å². The second-order valence-electron chi connectivity index (χ2n) is 8.04. The number of fused-ring (bicyclic) bond motifs is 1. The van der Waals surface area contributed by atoms with Gasteiger partial charge in [0, 0.05) is 18.7 Å². The molecule has 2 aliphatic heterocycles. The highest BCUT2D eigenvalue weighted by Gasteiger charge is 2.49. The number of amides is 3. The van der Waals surface area contributed by atoms with Crippen LogP contribution in [0.4, 0.5) is 5.69 Å². The molecule has 0 aromatic heterocycles. The summed E-state index contributed by atoms with van der Waals surface area (Å²) in [7, 11) is 0. The molecule has 6 nitrogen and oxygen atoms in total. The van der Waals surface area contributed by atoms with Crippen LogP contribution in [0.2, 0.25) is 0 Å². The van der Waals surface area contributed by atoms with E-state index in [4.69, 9.17) is 4.74 Å². The summed E-state index contributed by atoms with van der Waals surface area (Å²) in [6, 6.07) is 6.73. The molecule has 0 spiro atoms. The molecule has 1 aromatic rings. The summed E-state index contributed by atoms with van der Waals surface area (Å²) >= 11 is 0. The summed E-state index contributed by atoms with van der Waals surface area (Å²) in [4.78, 5) is 39.1. The standard InChI is InChI=1S/C21H26N2O4/c1-13-4-9-17-18(11-13)21(26)23(20(17)25)15-7-5-14(6-8-15)19(24)22-12-16-3-2-10-27-16/h5-8,13,16-18H,2-4,9-12H2,1H3,(H,22,24)/t13-,16-,17+,18-/m1/s1. The molecule has 1 aliphatic carbocycles. The third-order valence-electron chi connectivity index (χ3n) is 6.09. The van der Waals surface area contributed by atoms with Gasteiger partial charge in [0.2, 0.25) is 11.8 Å². The van der Waals surface area contributed by atoms with E-state index >= 15 is 0 Å². The zero-order valence-corrected chi connectivity index (χ0v) is 15.6. The topological polar surface area (TPSA) is 75.7 Å². The molecule has 3 fully saturated rings. The van der Waals surface area contributed by atoms with Crippen LogP contribution in [0.3, 0.4) is 0 Å². The number of rotatable bonds is 4. The van der Waals surface area contributed by atoms with Gasteiger partial charge in [0.15, 0.2) is 0 Å². The highest BCUT2D eigenvalue weighted by molar-refractivity contribution is 6.22. The Hall–Kier alpha value is -2.21. The van der Waals surface area contributed by atoms with Crippen LogP contribution in [0, 0.1) is 17.8 Å². The quantitative estimate of drug-likeness (QED) is 0.827. The summed E-state index contributed by atoms with van der Waals surface area (Å²) in [6.45, 7) is 3.40. The summed E-state index contributed by atoms with van der Waals surface area (Å²) in [6.07, 6.45) is 4.68. The number of ether oxygens (including phenoxy) is 1. The molecule has 144 valence electrons. The maximum atomic E-state index is 12.8. The van der Waals surface area contributed by atoms with Gasteiger partial charge in [-0.1, -0.05) is 6.92 Å².